The van der Waals surface area contributed by atoms with Crippen molar-refractivity contribution in [2.75, 3.05) is 0 Å². The van der Waals surface area contributed by atoms with Crippen LogP contribution in [0, 0.1) is 0 Å². The number of hydrogen-bond donors (Lipinski definition) is 1. The Morgan fingerprint density at radius 1 is 1.33 bits per heavy atom. The molecule has 96 valence electrons. The summed E-state index contributed by atoms with van der Waals surface area (Å²) in [4.78, 5) is 0. The van der Waals surface area contributed by atoms with Gasteiger partial charge in [-0.2, -0.15) is 0 Å². The third kappa shape index (κ3) is 1.97. The maximum atomic E-state index is 5.49. The molecule has 4 heteroatoms. The van der Waals surface area contributed by atoms with Crippen molar-refractivity contribution in [2.24, 2.45) is 0 Å². The smallest absolute Gasteiger partial charge is 0.173 e. The molecule has 2 aromatic rings. The zero-order valence-electron chi connectivity index (χ0n) is 11.0. The van der Waals surface area contributed by atoms with Crippen LogP contribution in [-0.4, -0.2) is 10.7 Å². The number of hydrogen-bond acceptors (Lipinski definition) is 4. The molecule has 3 rings (SSSR count). The molecule has 0 amide bonds. The molecule has 2 heterocycles. The average Bonchev–Trinajstić information content (AvgIpc) is 2.91. The summed E-state index contributed by atoms with van der Waals surface area (Å²) >= 11 is 0. The number of rotatable bonds is 2. The lowest BCUT2D eigenvalue weighted by atomic mass is 9.95. The van der Waals surface area contributed by atoms with E-state index < -0.39 is 0 Å². The molecule has 18 heavy (non-hydrogen) atoms. The minimum Gasteiger partial charge on any atom is -0.469 e. The standard InChI is InChI=1S/C14H18N2O2/c1-14(2,3)15-8-11-9-4-5-12-10(6-7-17-12)13(9)18-16-11/h6-7,15H,4-5,8H2,1-3H3. The van der Waals surface area contributed by atoms with Gasteiger partial charge in [-0.3, -0.25) is 0 Å². The van der Waals surface area contributed by atoms with E-state index in [-0.39, 0.29) is 5.54 Å². The Labute approximate surface area is 106 Å². The summed E-state index contributed by atoms with van der Waals surface area (Å²) in [7, 11) is 0. The Balaban J connectivity index is 1.89. The lowest BCUT2D eigenvalue weighted by Gasteiger charge is -2.20. The first-order valence-electron chi connectivity index (χ1n) is 6.34. The number of aryl methyl sites for hydroxylation is 1. The van der Waals surface area contributed by atoms with Gasteiger partial charge in [-0.15, -0.1) is 0 Å². The number of nitrogens with one attached hydrogen (secondary N) is 1. The first-order chi connectivity index (χ1) is 8.54. The second kappa shape index (κ2) is 3.99. The second-order valence-electron chi connectivity index (χ2n) is 5.80. The highest BCUT2D eigenvalue weighted by Gasteiger charge is 2.26. The van der Waals surface area contributed by atoms with Gasteiger partial charge < -0.3 is 14.3 Å². The van der Waals surface area contributed by atoms with Crippen LogP contribution in [0.15, 0.2) is 21.3 Å². The van der Waals surface area contributed by atoms with Gasteiger partial charge in [0.2, 0.25) is 0 Å². The topological polar surface area (TPSA) is 51.2 Å². The maximum Gasteiger partial charge on any atom is 0.173 e. The van der Waals surface area contributed by atoms with E-state index >= 15 is 0 Å². The summed E-state index contributed by atoms with van der Waals surface area (Å²) in [5.74, 6) is 1.89. The van der Waals surface area contributed by atoms with Crippen LogP contribution in [0.5, 0.6) is 0 Å². The molecule has 0 saturated carbocycles. The van der Waals surface area contributed by atoms with Gasteiger partial charge in [0.25, 0.3) is 0 Å². The van der Waals surface area contributed by atoms with E-state index in [1.54, 1.807) is 6.26 Å². The molecule has 0 fully saturated rings. The van der Waals surface area contributed by atoms with Crippen molar-refractivity contribution in [2.45, 2.75) is 45.7 Å². The Bertz CT molecular complexity index is 561. The molecule has 0 radical (unpaired) electrons. The normalized spacial score (nSPS) is 14.4. The van der Waals surface area contributed by atoms with Crippen molar-refractivity contribution in [3.05, 3.63) is 29.3 Å². The number of furan rings is 1. The third-order valence-corrected chi connectivity index (χ3v) is 3.25. The van der Waals surface area contributed by atoms with Crippen LogP contribution in [0.3, 0.4) is 0 Å². The van der Waals surface area contributed by atoms with E-state index in [0.717, 1.165) is 42.2 Å². The minimum absolute atomic E-state index is 0.0846. The number of nitrogens with zero attached hydrogens (tertiary/aromatic N) is 1. The molecule has 2 aromatic heterocycles. The fourth-order valence-electron chi connectivity index (χ4n) is 2.27. The summed E-state index contributed by atoms with van der Waals surface area (Å²) in [6, 6.07) is 1.96. The molecular weight excluding hydrogens is 228 g/mol. The SMILES string of the molecule is CC(C)(C)NCc1noc2c1CCc1occc1-2. The molecule has 0 unspecified atom stereocenters. The van der Waals surface area contributed by atoms with E-state index in [4.69, 9.17) is 8.94 Å². The summed E-state index contributed by atoms with van der Waals surface area (Å²) < 4.78 is 10.9. The van der Waals surface area contributed by atoms with Crippen LogP contribution in [0.1, 0.15) is 37.8 Å². The molecule has 0 aromatic carbocycles. The summed E-state index contributed by atoms with van der Waals surface area (Å²) in [5.41, 5.74) is 3.39. The summed E-state index contributed by atoms with van der Waals surface area (Å²) in [5, 5.41) is 7.65. The molecule has 0 spiro atoms. The summed E-state index contributed by atoms with van der Waals surface area (Å²) in [6.45, 7) is 7.19. The average molecular weight is 246 g/mol. The number of aromatic nitrogens is 1. The molecule has 0 bridgehead atoms. The van der Waals surface area contributed by atoms with Gasteiger partial charge in [0.15, 0.2) is 5.76 Å². The van der Waals surface area contributed by atoms with Crippen LogP contribution in [0.4, 0.5) is 0 Å². The molecule has 0 saturated heterocycles. The third-order valence-electron chi connectivity index (χ3n) is 3.25. The fraction of sp³-hybridized carbons (Fsp3) is 0.500. The first kappa shape index (κ1) is 11.5. The van der Waals surface area contributed by atoms with Crippen molar-refractivity contribution < 1.29 is 8.94 Å². The lowest BCUT2D eigenvalue weighted by molar-refractivity contribution is 0.392. The van der Waals surface area contributed by atoms with Crippen LogP contribution in [0.2, 0.25) is 0 Å². The minimum atomic E-state index is 0.0846. The Kier molecular flexibility index (Phi) is 2.55. The molecule has 0 aliphatic heterocycles. The van der Waals surface area contributed by atoms with Crippen molar-refractivity contribution in [3.8, 4) is 11.3 Å². The zero-order chi connectivity index (χ0) is 12.8. The van der Waals surface area contributed by atoms with E-state index in [9.17, 15) is 0 Å². The van der Waals surface area contributed by atoms with Gasteiger partial charge in [0, 0.05) is 24.1 Å². The predicted octanol–water partition coefficient (Wildman–Crippen LogP) is 2.92. The van der Waals surface area contributed by atoms with Crippen molar-refractivity contribution in [1.82, 2.24) is 10.5 Å². The molecular formula is C14H18N2O2. The highest BCUT2D eigenvalue weighted by Crippen LogP contribution is 2.35. The highest BCUT2D eigenvalue weighted by atomic mass is 16.5. The van der Waals surface area contributed by atoms with Gasteiger partial charge in [0.1, 0.15) is 11.5 Å². The van der Waals surface area contributed by atoms with E-state index in [1.807, 2.05) is 6.07 Å². The van der Waals surface area contributed by atoms with E-state index in [2.05, 4.69) is 31.2 Å². The van der Waals surface area contributed by atoms with Crippen molar-refractivity contribution in [1.29, 1.82) is 0 Å². The Hall–Kier alpha value is -1.55. The molecule has 0 atom stereocenters. The second-order valence-corrected chi connectivity index (χ2v) is 5.80. The maximum absolute atomic E-state index is 5.49. The van der Waals surface area contributed by atoms with E-state index in [0.29, 0.717) is 0 Å². The van der Waals surface area contributed by atoms with Crippen LogP contribution >= 0.6 is 0 Å². The largest absolute Gasteiger partial charge is 0.469 e. The monoisotopic (exact) mass is 246 g/mol. The van der Waals surface area contributed by atoms with Gasteiger partial charge in [-0.25, -0.2) is 0 Å². The van der Waals surface area contributed by atoms with Gasteiger partial charge in [-0.1, -0.05) is 5.16 Å². The fourth-order valence-corrected chi connectivity index (χ4v) is 2.27. The van der Waals surface area contributed by atoms with Crippen molar-refractivity contribution >= 4 is 0 Å². The van der Waals surface area contributed by atoms with Crippen LogP contribution in [-0.2, 0) is 19.4 Å². The molecule has 1 aliphatic rings. The molecule has 1 N–H and O–H groups in total. The van der Waals surface area contributed by atoms with Gasteiger partial charge >= 0.3 is 0 Å². The Morgan fingerprint density at radius 2 is 2.17 bits per heavy atom. The quantitative estimate of drug-likeness (QED) is 0.885. The van der Waals surface area contributed by atoms with Crippen LogP contribution < -0.4 is 5.32 Å². The first-order valence-corrected chi connectivity index (χ1v) is 6.34. The van der Waals surface area contributed by atoms with Gasteiger partial charge in [0.05, 0.1) is 11.8 Å². The molecule has 4 nitrogen and oxygen atoms in total. The predicted molar refractivity (Wildman–Crippen MR) is 68.2 cm³/mol. The lowest BCUT2D eigenvalue weighted by Crippen LogP contribution is -2.35. The highest BCUT2D eigenvalue weighted by molar-refractivity contribution is 5.66. The van der Waals surface area contributed by atoms with Crippen molar-refractivity contribution in [3.63, 3.8) is 0 Å². The zero-order valence-corrected chi connectivity index (χ0v) is 11.0. The molecule has 1 aliphatic carbocycles. The summed E-state index contributed by atoms with van der Waals surface area (Å²) in [6.07, 6.45) is 3.59. The van der Waals surface area contributed by atoms with Gasteiger partial charge in [-0.05, 0) is 33.3 Å². The number of fused-ring (bicyclic) bond motifs is 3. The Morgan fingerprint density at radius 3 is 2.94 bits per heavy atom. The van der Waals surface area contributed by atoms with E-state index in [1.165, 1.54) is 5.56 Å². The van der Waals surface area contributed by atoms with Crippen LogP contribution in [0.25, 0.3) is 11.3 Å².